The first-order valence-corrected chi connectivity index (χ1v) is 7.29. The van der Waals surface area contributed by atoms with Crippen molar-refractivity contribution in [2.24, 2.45) is 5.92 Å². The molecule has 3 heteroatoms. The van der Waals surface area contributed by atoms with Crippen molar-refractivity contribution in [3.63, 3.8) is 0 Å². The Bertz CT molecular complexity index is 639. The average Bonchev–Trinajstić information content (AvgIpc) is 2.56. The Morgan fingerprint density at radius 1 is 1.32 bits per heavy atom. The number of rotatable bonds is 3. The molecule has 0 aliphatic carbocycles. The molecule has 1 aromatic carbocycles. The van der Waals surface area contributed by atoms with Crippen LogP contribution < -0.4 is 5.32 Å². The Balaban J connectivity index is 2.42. The molecule has 1 atom stereocenters. The van der Waals surface area contributed by atoms with Crippen LogP contribution in [0.25, 0.3) is 5.70 Å². The fraction of sp³-hybridized carbons (Fsp3) is 0.211. The van der Waals surface area contributed by atoms with E-state index < -0.39 is 0 Å². The van der Waals surface area contributed by atoms with Gasteiger partial charge in [-0.3, -0.25) is 4.79 Å². The van der Waals surface area contributed by atoms with E-state index in [1.807, 2.05) is 49.4 Å². The highest BCUT2D eigenvalue weighted by Gasteiger charge is 2.14. The summed E-state index contributed by atoms with van der Waals surface area (Å²) in [5, 5.41) is 3.29. The minimum Gasteiger partial charge on any atom is -0.496 e. The number of benzene rings is 1. The van der Waals surface area contributed by atoms with Crippen LogP contribution in [0, 0.1) is 5.92 Å². The lowest BCUT2D eigenvalue weighted by molar-refractivity contribution is -0.116. The summed E-state index contributed by atoms with van der Waals surface area (Å²) in [5.41, 5.74) is 2.64. The molecule has 1 aliphatic rings. The Kier molecular flexibility index (Phi) is 5.37. The fourth-order valence-electron chi connectivity index (χ4n) is 2.30. The topological polar surface area (TPSA) is 38.3 Å². The third-order valence-corrected chi connectivity index (χ3v) is 3.55. The molecule has 1 unspecified atom stereocenters. The van der Waals surface area contributed by atoms with Crippen LogP contribution in [0.3, 0.4) is 0 Å². The predicted molar refractivity (Wildman–Crippen MR) is 90.0 cm³/mol. The second kappa shape index (κ2) is 7.46. The van der Waals surface area contributed by atoms with Crippen LogP contribution in [0.4, 0.5) is 0 Å². The molecule has 0 bridgehead atoms. The van der Waals surface area contributed by atoms with Crippen molar-refractivity contribution in [3.05, 3.63) is 78.1 Å². The van der Waals surface area contributed by atoms with E-state index in [-0.39, 0.29) is 11.7 Å². The molecule has 0 aromatic heterocycles. The summed E-state index contributed by atoms with van der Waals surface area (Å²) in [6, 6.07) is 9.83. The number of nitrogens with one attached hydrogen (secondary N) is 1. The minimum absolute atomic E-state index is 0.0445. The van der Waals surface area contributed by atoms with E-state index >= 15 is 0 Å². The third kappa shape index (κ3) is 3.76. The molecule has 114 valence electrons. The van der Waals surface area contributed by atoms with Gasteiger partial charge in [-0.15, -0.1) is 0 Å². The van der Waals surface area contributed by atoms with Crippen LogP contribution in [0.5, 0.6) is 0 Å². The minimum atomic E-state index is -0.245. The molecular formula is C19H21NO2. The molecule has 1 aliphatic heterocycles. The van der Waals surface area contributed by atoms with Gasteiger partial charge in [0.1, 0.15) is 5.76 Å². The molecule has 0 spiro atoms. The summed E-state index contributed by atoms with van der Waals surface area (Å²) in [7, 11) is 1.62. The monoisotopic (exact) mass is 295 g/mol. The zero-order valence-corrected chi connectivity index (χ0v) is 13.0. The smallest absolute Gasteiger partial charge is 0.164 e. The van der Waals surface area contributed by atoms with Gasteiger partial charge in [0.25, 0.3) is 0 Å². The van der Waals surface area contributed by atoms with Crippen molar-refractivity contribution in [3.8, 4) is 0 Å². The highest BCUT2D eigenvalue weighted by Crippen LogP contribution is 2.19. The first kappa shape index (κ1) is 15.8. The molecule has 0 saturated heterocycles. The van der Waals surface area contributed by atoms with Crippen molar-refractivity contribution in [1.29, 1.82) is 0 Å². The standard InChI is InChI=1S/C19H21NO2/c1-4-15-12-14(2)18(21)13-17(16-8-6-5-7-9-16)20-11-10-19(15)22-3/h4-10,12-14,20H,1,11H2,2-3H3. The maximum atomic E-state index is 12.4. The molecule has 1 aromatic rings. The van der Waals surface area contributed by atoms with Gasteiger partial charge in [0, 0.05) is 29.8 Å². The van der Waals surface area contributed by atoms with E-state index in [1.54, 1.807) is 19.3 Å². The molecule has 3 nitrogen and oxygen atoms in total. The Morgan fingerprint density at radius 2 is 2.05 bits per heavy atom. The number of carbonyl (C=O) groups is 1. The van der Waals surface area contributed by atoms with Crippen molar-refractivity contribution in [2.45, 2.75) is 6.92 Å². The van der Waals surface area contributed by atoms with Crippen molar-refractivity contribution < 1.29 is 9.53 Å². The largest absolute Gasteiger partial charge is 0.496 e. The zero-order chi connectivity index (χ0) is 15.9. The van der Waals surface area contributed by atoms with Crippen LogP contribution in [0.2, 0.25) is 0 Å². The summed E-state index contributed by atoms with van der Waals surface area (Å²) in [6.45, 7) is 6.24. The van der Waals surface area contributed by atoms with Gasteiger partial charge in [-0.2, -0.15) is 0 Å². The number of ether oxygens (including phenoxy) is 1. The summed E-state index contributed by atoms with van der Waals surface area (Å²) in [5.74, 6) is 0.518. The molecule has 0 radical (unpaired) electrons. The lowest BCUT2D eigenvalue weighted by Gasteiger charge is -2.15. The summed E-state index contributed by atoms with van der Waals surface area (Å²) >= 11 is 0. The van der Waals surface area contributed by atoms with E-state index in [1.165, 1.54) is 0 Å². The van der Waals surface area contributed by atoms with Gasteiger partial charge in [0.2, 0.25) is 0 Å². The highest BCUT2D eigenvalue weighted by molar-refractivity contribution is 5.99. The van der Waals surface area contributed by atoms with Gasteiger partial charge < -0.3 is 10.1 Å². The van der Waals surface area contributed by atoms with Gasteiger partial charge in [-0.1, -0.05) is 56.0 Å². The maximum Gasteiger partial charge on any atom is 0.164 e. The molecule has 2 rings (SSSR count). The molecule has 22 heavy (non-hydrogen) atoms. The van der Waals surface area contributed by atoms with E-state index in [2.05, 4.69) is 11.9 Å². The maximum absolute atomic E-state index is 12.4. The van der Waals surface area contributed by atoms with E-state index in [4.69, 9.17) is 4.74 Å². The SMILES string of the molecule is C=CC1=CC(C)C(=O)C=C(c2ccccc2)NCC=C1OC. The molecule has 0 saturated carbocycles. The second-order valence-corrected chi connectivity index (χ2v) is 5.09. The van der Waals surface area contributed by atoms with Crippen LogP contribution in [-0.2, 0) is 9.53 Å². The quantitative estimate of drug-likeness (QED) is 0.928. The van der Waals surface area contributed by atoms with Crippen molar-refractivity contribution >= 4 is 11.5 Å². The van der Waals surface area contributed by atoms with Crippen LogP contribution >= 0.6 is 0 Å². The summed E-state index contributed by atoms with van der Waals surface area (Å²) < 4.78 is 5.40. The van der Waals surface area contributed by atoms with Gasteiger partial charge in [0.05, 0.1) is 7.11 Å². The highest BCUT2D eigenvalue weighted by atomic mass is 16.5. The Hall–Kier alpha value is -2.55. The number of hydrogen-bond donors (Lipinski definition) is 1. The number of allylic oxidation sites excluding steroid dienone is 3. The van der Waals surface area contributed by atoms with E-state index in [9.17, 15) is 4.79 Å². The number of methoxy groups -OCH3 is 1. The van der Waals surface area contributed by atoms with Crippen LogP contribution in [0.15, 0.2) is 72.5 Å². The van der Waals surface area contributed by atoms with Gasteiger partial charge in [0.15, 0.2) is 5.78 Å². The van der Waals surface area contributed by atoms with Crippen molar-refractivity contribution in [1.82, 2.24) is 5.32 Å². The van der Waals surface area contributed by atoms with Crippen LogP contribution in [0.1, 0.15) is 12.5 Å². The third-order valence-electron chi connectivity index (χ3n) is 3.55. The summed E-state index contributed by atoms with van der Waals surface area (Å²) in [6.07, 6.45) is 7.22. The van der Waals surface area contributed by atoms with Crippen molar-refractivity contribution in [2.75, 3.05) is 13.7 Å². The number of ketones is 1. The fourth-order valence-corrected chi connectivity index (χ4v) is 2.30. The average molecular weight is 295 g/mol. The first-order valence-electron chi connectivity index (χ1n) is 7.29. The molecule has 0 amide bonds. The first-order chi connectivity index (χ1) is 10.7. The van der Waals surface area contributed by atoms with E-state index in [0.717, 1.165) is 22.6 Å². The zero-order valence-electron chi connectivity index (χ0n) is 13.0. The lowest BCUT2D eigenvalue weighted by Crippen LogP contribution is -2.17. The lowest BCUT2D eigenvalue weighted by atomic mass is 9.98. The van der Waals surface area contributed by atoms with Gasteiger partial charge >= 0.3 is 0 Å². The molecule has 1 heterocycles. The number of hydrogen-bond acceptors (Lipinski definition) is 3. The molecule has 0 fully saturated rings. The molecular weight excluding hydrogens is 274 g/mol. The van der Waals surface area contributed by atoms with E-state index in [0.29, 0.717) is 6.54 Å². The second-order valence-electron chi connectivity index (χ2n) is 5.09. The van der Waals surface area contributed by atoms with Gasteiger partial charge in [-0.25, -0.2) is 0 Å². The normalized spacial score (nSPS) is 19.3. The Labute approximate surface area is 131 Å². The van der Waals surface area contributed by atoms with Gasteiger partial charge in [-0.05, 0) is 11.6 Å². The van der Waals surface area contributed by atoms with Crippen LogP contribution in [-0.4, -0.2) is 19.4 Å². The summed E-state index contributed by atoms with van der Waals surface area (Å²) in [4.78, 5) is 12.4. The Morgan fingerprint density at radius 3 is 2.68 bits per heavy atom. The predicted octanol–water partition coefficient (Wildman–Crippen LogP) is 3.48. The number of carbonyl (C=O) groups excluding carboxylic acids is 1. The molecule has 1 N–H and O–H groups in total.